The van der Waals surface area contributed by atoms with Crippen LogP contribution in [0.3, 0.4) is 0 Å². The minimum absolute atomic E-state index is 0.0715. The second-order valence-corrected chi connectivity index (χ2v) is 8.86. The van der Waals surface area contributed by atoms with Crippen LogP contribution in [0.2, 0.25) is 0 Å². The Morgan fingerprint density at radius 2 is 1.91 bits per heavy atom. The third-order valence-corrected chi connectivity index (χ3v) is 5.84. The fraction of sp³-hybridized carbons (Fsp3) is 0.190. The molecule has 0 aliphatic rings. The van der Waals surface area contributed by atoms with Crippen molar-refractivity contribution in [1.29, 1.82) is 0 Å². The largest absolute Gasteiger partial charge is 0.436 e. The number of rotatable bonds is 6. The molecule has 0 atom stereocenters. The smallest absolute Gasteiger partial charge is 0.361 e. The first-order valence-electron chi connectivity index (χ1n) is 9.66. The van der Waals surface area contributed by atoms with Gasteiger partial charge in [-0.25, -0.2) is 4.98 Å². The molecule has 1 aromatic carbocycles. The minimum atomic E-state index is -4.63. The first-order chi connectivity index (χ1) is 15.6. The van der Waals surface area contributed by atoms with Crippen LogP contribution >= 0.6 is 0 Å². The molecule has 4 rings (SSSR count). The van der Waals surface area contributed by atoms with Gasteiger partial charge in [0.25, 0.3) is 0 Å². The molecule has 3 heterocycles. The number of aryl methyl sites for hydroxylation is 1. The first-order valence-corrected chi connectivity index (χ1v) is 11.2. The van der Waals surface area contributed by atoms with E-state index in [2.05, 4.69) is 15.2 Å². The Hall–Kier alpha value is -3.67. The van der Waals surface area contributed by atoms with Crippen molar-refractivity contribution in [2.24, 2.45) is 0 Å². The molecule has 0 spiro atoms. The third-order valence-electron chi connectivity index (χ3n) is 4.71. The van der Waals surface area contributed by atoms with Gasteiger partial charge in [0.05, 0.1) is 11.4 Å². The summed E-state index contributed by atoms with van der Waals surface area (Å²) >= 11 is 0. The van der Waals surface area contributed by atoms with E-state index in [1.54, 1.807) is 43.3 Å². The highest BCUT2D eigenvalue weighted by molar-refractivity contribution is 7.87. The highest BCUT2D eigenvalue weighted by Crippen LogP contribution is 2.35. The fourth-order valence-corrected chi connectivity index (χ4v) is 3.48. The molecule has 0 saturated carbocycles. The standard InChI is InChI=1S/C21H17F3N4O4S/c1-3-33(29,30)32-20-11-16(26-28(20)19-6-4-5-9-25-19)15-10-14(8-7-13(15)2)17-12-18(27-31-17)21(22,23)24/h4-12H,3H2,1-2H3. The van der Waals surface area contributed by atoms with Gasteiger partial charge in [0.2, 0.25) is 5.88 Å². The summed E-state index contributed by atoms with van der Waals surface area (Å²) < 4.78 is 74.2. The van der Waals surface area contributed by atoms with Gasteiger partial charge in [0, 0.05) is 29.5 Å². The average Bonchev–Trinajstić information content (AvgIpc) is 3.42. The zero-order chi connectivity index (χ0) is 23.8. The highest BCUT2D eigenvalue weighted by atomic mass is 32.2. The number of benzene rings is 1. The van der Waals surface area contributed by atoms with Crippen LogP contribution in [0, 0.1) is 6.92 Å². The summed E-state index contributed by atoms with van der Waals surface area (Å²) in [5.41, 5.74) is 0.807. The van der Waals surface area contributed by atoms with E-state index in [1.165, 1.54) is 23.9 Å². The summed E-state index contributed by atoms with van der Waals surface area (Å²) in [5.74, 6) is -0.0758. The number of aromatic nitrogens is 4. The van der Waals surface area contributed by atoms with E-state index >= 15 is 0 Å². The molecule has 12 heteroatoms. The van der Waals surface area contributed by atoms with Crippen LogP contribution < -0.4 is 4.18 Å². The monoisotopic (exact) mass is 478 g/mol. The molecule has 0 radical (unpaired) electrons. The van der Waals surface area contributed by atoms with Gasteiger partial charge < -0.3 is 8.71 Å². The molecule has 4 aromatic rings. The van der Waals surface area contributed by atoms with E-state index < -0.39 is 22.0 Å². The maximum atomic E-state index is 12.9. The van der Waals surface area contributed by atoms with Crippen molar-refractivity contribution in [1.82, 2.24) is 19.9 Å². The Labute approximate surface area is 186 Å². The third kappa shape index (κ3) is 4.75. The van der Waals surface area contributed by atoms with Crippen LogP contribution in [0.4, 0.5) is 13.2 Å². The molecule has 0 amide bonds. The van der Waals surface area contributed by atoms with Crippen LogP contribution in [0.1, 0.15) is 18.2 Å². The van der Waals surface area contributed by atoms with Crippen molar-refractivity contribution in [2.45, 2.75) is 20.0 Å². The van der Waals surface area contributed by atoms with Crippen molar-refractivity contribution in [2.75, 3.05) is 5.75 Å². The van der Waals surface area contributed by atoms with Gasteiger partial charge in [-0.1, -0.05) is 23.4 Å². The molecular formula is C21H17F3N4O4S. The van der Waals surface area contributed by atoms with Gasteiger partial charge >= 0.3 is 16.3 Å². The van der Waals surface area contributed by atoms with Crippen LogP contribution in [0.15, 0.2) is 59.3 Å². The van der Waals surface area contributed by atoms with Crippen molar-refractivity contribution >= 4 is 10.1 Å². The zero-order valence-electron chi connectivity index (χ0n) is 17.4. The second kappa shape index (κ2) is 8.35. The minimum Gasteiger partial charge on any atom is -0.361 e. The van der Waals surface area contributed by atoms with Crippen LogP contribution in [-0.4, -0.2) is 34.1 Å². The van der Waals surface area contributed by atoms with E-state index in [0.29, 0.717) is 22.6 Å². The number of pyridine rings is 1. The predicted molar refractivity (Wildman–Crippen MR) is 112 cm³/mol. The molecule has 8 nitrogen and oxygen atoms in total. The van der Waals surface area contributed by atoms with E-state index in [1.807, 2.05) is 0 Å². The lowest BCUT2D eigenvalue weighted by Crippen LogP contribution is -2.14. The Balaban J connectivity index is 1.81. The maximum Gasteiger partial charge on any atom is 0.436 e. The van der Waals surface area contributed by atoms with Crippen molar-refractivity contribution in [3.63, 3.8) is 0 Å². The Morgan fingerprint density at radius 3 is 2.55 bits per heavy atom. The summed E-state index contributed by atoms with van der Waals surface area (Å²) in [5, 5.41) is 7.53. The summed E-state index contributed by atoms with van der Waals surface area (Å²) in [6.45, 7) is 3.22. The highest BCUT2D eigenvalue weighted by Gasteiger charge is 2.35. The Kier molecular flexibility index (Phi) is 5.70. The number of hydrogen-bond acceptors (Lipinski definition) is 7. The molecule has 0 N–H and O–H groups in total. The average molecular weight is 478 g/mol. The SMILES string of the molecule is CCS(=O)(=O)Oc1cc(-c2cc(-c3cc(C(F)(F)F)no3)ccc2C)nn1-c1ccccn1. The summed E-state index contributed by atoms with van der Waals surface area (Å²) in [7, 11) is -3.86. The van der Waals surface area contributed by atoms with E-state index in [4.69, 9.17) is 8.71 Å². The van der Waals surface area contributed by atoms with Crippen LogP contribution in [0.5, 0.6) is 5.88 Å². The summed E-state index contributed by atoms with van der Waals surface area (Å²) in [6.07, 6.45) is -3.11. The molecule has 0 fully saturated rings. The van der Waals surface area contributed by atoms with E-state index in [9.17, 15) is 21.6 Å². The van der Waals surface area contributed by atoms with Gasteiger partial charge in [0.15, 0.2) is 17.3 Å². The number of nitrogens with zero attached hydrogens (tertiary/aromatic N) is 4. The molecule has 3 aromatic heterocycles. The van der Waals surface area contributed by atoms with Gasteiger partial charge in [-0.15, -0.1) is 0 Å². The van der Waals surface area contributed by atoms with E-state index in [0.717, 1.165) is 11.6 Å². The molecule has 172 valence electrons. The Morgan fingerprint density at radius 1 is 1.12 bits per heavy atom. The lowest BCUT2D eigenvalue weighted by atomic mass is 10.0. The van der Waals surface area contributed by atoms with Crippen molar-refractivity contribution < 1.29 is 30.3 Å². The summed E-state index contributed by atoms with van der Waals surface area (Å²) in [4.78, 5) is 4.18. The number of halogens is 3. The van der Waals surface area contributed by atoms with Crippen LogP contribution in [0.25, 0.3) is 28.4 Å². The maximum absolute atomic E-state index is 12.9. The molecule has 0 bridgehead atoms. The zero-order valence-corrected chi connectivity index (χ0v) is 18.2. The first kappa shape index (κ1) is 22.5. The van der Waals surface area contributed by atoms with Crippen LogP contribution in [-0.2, 0) is 16.3 Å². The molecule has 0 unspecified atom stereocenters. The van der Waals surface area contributed by atoms with Crippen molar-refractivity contribution in [3.8, 4) is 34.3 Å². The van der Waals surface area contributed by atoms with Gasteiger partial charge in [-0.3, -0.25) is 0 Å². The molecule has 0 aliphatic heterocycles. The van der Waals surface area contributed by atoms with E-state index in [-0.39, 0.29) is 17.4 Å². The molecular weight excluding hydrogens is 461 g/mol. The predicted octanol–water partition coefficient (Wildman–Crippen LogP) is 4.65. The van der Waals surface area contributed by atoms with Gasteiger partial charge in [0.1, 0.15) is 0 Å². The second-order valence-electron chi connectivity index (χ2n) is 7.00. The summed E-state index contributed by atoms with van der Waals surface area (Å²) in [6, 6.07) is 12.1. The Bertz CT molecular complexity index is 1400. The fourth-order valence-electron chi connectivity index (χ4n) is 2.98. The molecule has 33 heavy (non-hydrogen) atoms. The quantitative estimate of drug-likeness (QED) is 0.372. The van der Waals surface area contributed by atoms with Crippen molar-refractivity contribution in [3.05, 3.63) is 66.0 Å². The van der Waals surface area contributed by atoms with Gasteiger partial charge in [-0.05, 0) is 37.6 Å². The number of hydrogen-bond donors (Lipinski definition) is 0. The molecule has 0 saturated heterocycles. The normalized spacial score (nSPS) is 12.2. The topological polar surface area (TPSA) is 100 Å². The van der Waals surface area contributed by atoms with Gasteiger partial charge in [-0.2, -0.15) is 31.4 Å². The molecule has 0 aliphatic carbocycles. The number of alkyl halides is 3. The lowest BCUT2D eigenvalue weighted by molar-refractivity contribution is -0.142. The lowest BCUT2D eigenvalue weighted by Gasteiger charge is -2.07.